The zero-order valence-corrected chi connectivity index (χ0v) is 15.9. The van der Waals surface area contributed by atoms with Gasteiger partial charge in [0.1, 0.15) is 5.69 Å². The van der Waals surface area contributed by atoms with Crippen molar-refractivity contribution in [1.29, 1.82) is 0 Å². The lowest BCUT2D eigenvalue weighted by atomic mass is 10.2. The van der Waals surface area contributed by atoms with Gasteiger partial charge in [-0.25, -0.2) is 18.6 Å². The molecular formula is C19H16F2N8O2. The van der Waals surface area contributed by atoms with E-state index in [1.54, 1.807) is 0 Å². The molecule has 158 valence electrons. The van der Waals surface area contributed by atoms with Gasteiger partial charge in [0.15, 0.2) is 17.3 Å². The van der Waals surface area contributed by atoms with Crippen molar-refractivity contribution in [1.82, 2.24) is 29.5 Å². The first-order chi connectivity index (χ1) is 15.0. The number of aromatic amines is 2. The zero-order chi connectivity index (χ0) is 21.5. The standard InChI is InChI=1S/C19H16F2N8O2/c20-12-4-1-9(5-13(12)21)7-22-17-26-15-10(6-14-16(30)27-19(31)25-14)8-23-29(15)18(28-17)24-11-2-3-11/h1,4-6,8,11,30H,2-3,7H2,(H,22,24,28)(H2,25,27,31). The third kappa shape index (κ3) is 3.86. The predicted molar refractivity (Wildman–Crippen MR) is 105 cm³/mol. The van der Waals surface area contributed by atoms with Gasteiger partial charge in [0.05, 0.1) is 12.2 Å². The molecule has 0 aliphatic heterocycles. The van der Waals surface area contributed by atoms with Crippen LogP contribution in [0.5, 0.6) is 5.88 Å². The second-order valence-electron chi connectivity index (χ2n) is 7.13. The maximum Gasteiger partial charge on any atom is 0.326 e. The Morgan fingerprint density at radius 1 is 1.26 bits per heavy atom. The zero-order valence-electron chi connectivity index (χ0n) is 15.9. The molecule has 4 aromatic rings. The van der Waals surface area contributed by atoms with Crippen LogP contribution >= 0.6 is 0 Å². The van der Waals surface area contributed by atoms with Gasteiger partial charge in [0.25, 0.3) is 5.62 Å². The Morgan fingerprint density at radius 2 is 2.10 bits per heavy atom. The molecule has 31 heavy (non-hydrogen) atoms. The normalized spacial score (nSPS) is 15.2. The number of H-pyrrole nitrogens is 2. The molecule has 3 aromatic heterocycles. The number of nitrogens with one attached hydrogen (secondary N) is 3. The summed E-state index contributed by atoms with van der Waals surface area (Å²) < 4.78 is 28.1. The molecule has 3 heterocycles. The molecule has 0 unspecified atom stereocenters. The van der Waals surface area contributed by atoms with Crippen LogP contribution in [0.1, 0.15) is 24.1 Å². The molecular weight excluding hydrogens is 410 g/mol. The van der Waals surface area contributed by atoms with Crippen LogP contribution in [0.4, 0.5) is 14.7 Å². The SMILES string of the molecule is O=c1[nH]c(O)c(C=c2cnn3c(=NC4CC4)nc(NCc4ccc(F)c(F)c4)nc23)[nH]1. The minimum atomic E-state index is -0.937. The minimum absolute atomic E-state index is 0.162. The molecule has 0 spiro atoms. The molecule has 1 aliphatic rings. The van der Waals surface area contributed by atoms with Crippen LogP contribution in [0.15, 0.2) is 34.2 Å². The Kier molecular flexibility index (Phi) is 4.46. The van der Waals surface area contributed by atoms with E-state index in [1.807, 2.05) is 0 Å². The molecule has 1 aliphatic carbocycles. The largest absolute Gasteiger partial charge is 0.493 e. The molecule has 0 amide bonds. The van der Waals surface area contributed by atoms with Crippen LogP contribution in [-0.2, 0) is 6.54 Å². The number of hydrogen-bond donors (Lipinski definition) is 4. The Bertz CT molecular complexity index is 1470. The van der Waals surface area contributed by atoms with Crippen molar-refractivity contribution in [3.8, 4) is 5.88 Å². The third-order valence-electron chi connectivity index (χ3n) is 4.69. The lowest BCUT2D eigenvalue weighted by molar-refractivity contribution is 0.454. The first kappa shape index (κ1) is 18.9. The van der Waals surface area contributed by atoms with Gasteiger partial charge in [-0.3, -0.25) is 4.98 Å². The second-order valence-corrected chi connectivity index (χ2v) is 7.13. The summed E-state index contributed by atoms with van der Waals surface area (Å²) >= 11 is 0. The van der Waals surface area contributed by atoms with Crippen molar-refractivity contribution >= 4 is 17.7 Å². The van der Waals surface area contributed by atoms with Gasteiger partial charge in [-0.1, -0.05) is 6.07 Å². The van der Waals surface area contributed by atoms with E-state index in [0.29, 0.717) is 22.0 Å². The average Bonchev–Trinajstić information content (AvgIpc) is 3.37. The maximum absolute atomic E-state index is 13.5. The highest BCUT2D eigenvalue weighted by Gasteiger charge is 2.21. The fourth-order valence-corrected chi connectivity index (χ4v) is 2.99. The first-order valence-electron chi connectivity index (χ1n) is 9.47. The van der Waals surface area contributed by atoms with Crippen LogP contribution < -0.4 is 21.8 Å². The Labute approximate surface area is 172 Å². The number of halogens is 2. The van der Waals surface area contributed by atoms with Gasteiger partial charge in [0, 0.05) is 11.8 Å². The van der Waals surface area contributed by atoms with E-state index in [1.165, 1.54) is 22.9 Å². The molecule has 0 radical (unpaired) electrons. The summed E-state index contributed by atoms with van der Waals surface area (Å²) in [6.45, 7) is 0.162. The van der Waals surface area contributed by atoms with Gasteiger partial charge in [0.2, 0.25) is 11.8 Å². The van der Waals surface area contributed by atoms with Crippen molar-refractivity contribution < 1.29 is 13.9 Å². The summed E-state index contributed by atoms with van der Waals surface area (Å²) in [6.07, 6.45) is 4.95. The van der Waals surface area contributed by atoms with Crippen LogP contribution in [0.25, 0.3) is 11.7 Å². The van der Waals surface area contributed by atoms with Gasteiger partial charge in [-0.2, -0.15) is 19.6 Å². The molecule has 12 heteroatoms. The lowest BCUT2D eigenvalue weighted by Gasteiger charge is -2.06. The summed E-state index contributed by atoms with van der Waals surface area (Å²) in [5, 5.41) is 17.6. The molecule has 10 nitrogen and oxygen atoms in total. The topological polar surface area (TPSA) is 136 Å². The van der Waals surface area contributed by atoms with Crippen molar-refractivity contribution in [3.63, 3.8) is 0 Å². The van der Waals surface area contributed by atoms with Gasteiger partial charge < -0.3 is 15.4 Å². The van der Waals surface area contributed by atoms with Crippen LogP contribution in [0.3, 0.4) is 0 Å². The highest BCUT2D eigenvalue weighted by atomic mass is 19.2. The molecule has 1 aromatic carbocycles. The quantitative estimate of drug-likeness (QED) is 0.364. The number of benzene rings is 1. The number of nitrogens with zero attached hydrogens (tertiary/aromatic N) is 5. The summed E-state index contributed by atoms with van der Waals surface area (Å²) in [5.74, 6) is -1.94. The van der Waals surface area contributed by atoms with Crippen molar-refractivity contribution in [3.05, 3.63) is 68.6 Å². The number of anilines is 1. The number of rotatable bonds is 5. The summed E-state index contributed by atoms with van der Waals surface area (Å²) in [7, 11) is 0. The molecule has 0 saturated heterocycles. The molecule has 1 fully saturated rings. The fourth-order valence-electron chi connectivity index (χ4n) is 2.99. The van der Waals surface area contributed by atoms with Crippen molar-refractivity contribution in [2.24, 2.45) is 4.99 Å². The number of aromatic hydroxyl groups is 1. The molecule has 0 atom stereocenters. The van der Waals surface area contributed by atoms with E-state index < -0.39 is 17.3 Å². The molecule has 1 saturated carbocycles. The molecule has 0 bridgehead atoms. The molecule has 5 rings (SSSR count). The van der Waals surface area contributed by atoms with E-state index in [9.17, 15) is 18.7 Å². The van der Waals surface area contributed by atoms with E-state index in [4.69, 9.17) is 0 Å². The van der Waals surface area contributed by atoms with E-state index >= 15 is 0 Å². The number of aromatic nitrogens is 6. The van der Waals surface area contributed by atoms with Gasteiger partial charge in [-0.05, 0) is 36.6 Å². The lowest BCUT2D eigenvalue weighted by Crippen LogP contribution is -2.24. The smallest absolute Gasteiger partial charge is 0.326 e. The van der Waals surface area contributed by atoms with E-state index in [-0.39, 0.29) is 30.1 Å². The highest BCUT2D eigenvalue weighted by molar-refractivity contribution is 5.57. The first-order valence-corrected chi connectivity index (χ1v) is 9.47. The predicted octanol–water partition coefficient (Wildman–Crippen LogP) is 0.347. The summed E-state index contributed by atoms with van der Waals surface area (Å²) in [5.41, 5.74) is 0.872. The monoisotopic (exact) mass is 426 g/mol. The van der Waals surface area contributed by atoms with Crippen molar-refractivity contribution in [2.45, 2.75) is 25.4 Å². The van der Waals surface area contributed by atoms with Gasteiger partial charge in [-0.15, -0.1) is 0 Å². The van der Waals surface area contributed by atoms with E-state index in [2.05, 4.69) is 35.3 Å². The number of fused-ring (bicyclic) bond motifs is 1. The Hall–Kier alpha value is -4.09. The van der Waals surface area contributed by atoms with Gasteiger partial charge >= 0.3 is 5.69 Å². The summed E-state index contributed by atoms with van der Waals surface area (Å²) in [4.78, 5) is 29.5. The van der Waals surface area contributed by atoms with Crippen LogP contribution in [-0.4, -0.2) is 40.7 Å². The Morgan fingerprint density at radius 3 is 2.81 bits per heavy atom. The van der Waals surface area contributed by atoms with Crippen molar-refractivity contribution in [2.75, 3.05) is 5.32 Å². The number of hydrogen-bond acceptors (Lipinski definition) is 7. The molecule has 4 N–H and O–H groups in total. The van der Waals surface area contributed by atoms with E-state index in [0.717, 1.165) is 25.0 Å². The Balaban J connectivity index is 1.57. The average molecular weight is 426 g/mol. The van der Waals surface area contributed by atoms with Crippen LogP contribution in [0.2, 0.25) is 0 Å². The highest BCUT2D eigenvalue weighted by Crippen LogP contribution is 2.22. The second kappa shape index (κ2) is 7.31. The number of imidazole rings is 1. The maximum atomic E-state index is 13.5. The third-order valence-corrected chi connectivity index (χ3v) is 4.69. The fraction of sp³-hybridized carbons (Fsp3) is 0.211. The van der Waals surface area contributed by atoms with Crippen LogP contribution in [0, 0.1) is 11.6 Å². The summed E-state index contributed by atoms with van der Waals surface area (Å²) in [6, 6.07) is 3.78. The minimum Gasteiger partial charge on any atom is -0.493 e.